The van der Waals surface area contributed by atoms with Gasteiger partial charge in [-0.1, -0.05) is 60.7 Å². The zero-order valence-electron chi connectivity index (χ0n) is 13.1. The summed E-state index contributed by atoms with van der Waals surface area (Å²) >= 11 is 2.03. The Bertz CT molecular complexity index is 633. The lowest BCUT2D eigenvalue weighted by Crippen LogP contribution is -2.39. The molecule has 2 unspecified atom stereocenters. The number of fused-ring (bicyclic) bond motifs is 2. The average molecular weight is 323 g/mol. The molecule has 2 aliphatic rings. The summed E-state index contributed by atoms with van der Waals surface area (Å²) in [4.78, 5) is 15.0. The van der Waals surface area contributed by atoms with Gasteiger partial charge in [0.1, 0.15) is 0 Å². The van der Waals surface area contributed by atoms with Crippen LogP contribution in [0.3, 0.4) is 0 Å². The average Bonchev–Trinajstić information content (AvgIpc) is 3.24. The summed E-state index contributed by atoms with van der Waals surface area (Å²) in [7, 11) is 0. The van der Waals surface area contributed by atoms with E-state index in [-0.39, 0.29) is 5.92 Å². The highest BCUT2D eigenvalue weighted by atomic mass is 32.2. The van der Waals surface area contributed by atoms with Crippen molar-refractivity contribution in [2.75, 3.05) is 12.3 Å². The van der Waals surface area contributed by atoms with Crippen molar-refractivity contribution in [1.29, 1.82) is 0 Å². The molecule has 2 fully saturated rings. The molecule has 2 bridgehead atoms. The van der Waals surface area contributed by atoms with Gasteiger partial charge < -0.3 is 4.90 Å². The molecule has 0 aliphatic carbocycles. The zero-order chi connectivity index (χ0) is 15.6. The van der Waals surface area contributed by atoms with Crippen LogP contribution in [0.1, 0.15) is 29.9 Å². The fraction of sp³-hybridized carbons (Fsp3) is 0.350. The Hall–Kier alpha value is -1.74. The maximum Gasteiger partial charge on any atom is 0.223 e. The second-order valence-electron chi connectivity index (χ2n) is 6.47. The maximum atomic E-state index is 12.9. The number of amides is 1. The van der Waals surface area contributed by atoms with E-state index in [0.717, 1.165) is 12.3 Å². The number of nitrogens with zero attached hydrogens (tertiary/aromatic N) is 1. The van der Waals surface area contributed by atoms with Crippen LogP contribution in [0.15, 0.2) is 60.7 Å². The van der Waals surface area contributed by atoms with E-state index < -0.39 is 0 Å². The van der Waals surface area contributed by atoms with Crippen LogP contribution < -0.4 is 0 Å². The van der Waals surface area contributed by atoms with E-state index >= 15 is 0 Å². The summed E-state index contributed by atoms with van der Waals surface area (Å²) in [5, 5.41) is 0.677. The van der Waals surface area contributed by atoms with Gasteiger partial charge in [0.05, 0.1) is 0 Å². The minimum atomic E-state index is 0.150. The topological polar surface area (TPSA) is 20.3 Å². The van der Waals surface area contributed by atoms with Gasteiger partial charge in [0.15, 0.2) is 0 Å². The number of rotatable bonds is 4. The predicted octanol–water partition coefficient (Wildman–Crippen LogP) is 3.92. The molecule has 2 aliphatic heterocycles. The molecule has 2 aromatic carbocycles. The molecule has 2 atom stereocenters. The molecule has 1 amide bonds. The lowest BCUT2D eigenvalue weighted by Gasteiger charge is -2.29. The molecular formula is C20H21NOS. The molecule has 2 aromatic rings. The maximum absolute atomic E-state index is 12.9. The third kappa shape index (κ3) is 3.02. The third-order valence-electron chi connectivity index (χ3n) is 5.00. The number of carbonyl (C=O) groups excluding carboxylic acids is 1. The number of hydrogen-bond donors (Lipinski definition) is 0. The number of likely N-dealkylation sites (tertiary alicyclic amines) is 1. The molecule has 23 heavy (non-hydrogen) atoms. The van der Waals surface area contributed by atoms with Crippen molar-refractivity contribution in [1.82, 2.24) is 4.90 Å². The van der Waals surface area contributed by atoms with Gasteiger partial charge in [-0.2, -0.15) is 11.8 Å². The zero-order valence-corrected chi connectivity index (χ0v) is 13.9. The van der Waals surface area contributed by atoms with Crippen LogP contribution in [-0.2, 0) is 4.79 Å². The van der Waals surface area contributed by atoms with Crippen LogP contribution in [0, 0.1) is 0 Å². The summed E-state index contributed by atoms with van der Waals surface area (Å²) in [6, 6.07) is 21.3. The highest BCUT2D eigenvalue weighted by molar-refractivity contribution is 8.00. The minimum absolute atomic E-state index is 0.150. The first-order valence-electron chi connectivity index (χ1n) is 8.32. The molecule has 2 nitrogen and oxygen atoms in total. The van der Waals surface area contributed by atoms with Crippen molar-refractivity contribution < 1.29 is 4.79 Å². The summed E-state index contributed by atoms with van der Waals surface area (Å²) in [6.07, 6.45) is 1.76. The number of benzene rings is 2. The fourth-order valence-electron chi connectivity index (χ4n) is 3.80. The first kappa shape index (κ1) is 14.8. The smallest absolute Gasteiger partial charge is 0.223 e. The Labute approximate surface area is 141 Å². The van der Waals surface area contributed by atoms with Crippen molar-refractivity contribution in [2.45, 2.75) is 30.1 Å². The summed E-state index contributed by atoms with van der Waals surface area (Å²) in [5.74, 6) is 1.59. The Kier molecular flexibility index (Phi) is 4.13. The lowest BCUT2D eigenvalue weighted by molar-refractivity contribution is -0.131. The van der Waals surface area contributed by atoms with E-state index in [9.17, 15) is 4.79 Å². The third-order valence-corrected chi connectivity index (χ3v) is 6.39. The molecule has 118 valence electrons. The first-order chi connectivity index (χ1) is 11.3. The van der Waals surface area contributed by atoms with Gasteiger partial charge in [-0.05, 0) is 17.5 Å². The monoisotopic (exact) mass is 323 g/mol. The van der Waals surface area contributed by atoms with Crippen molar-refractivity contribution in [3.05, 3.63) is 71.8 Å². The molecule has 0 saturated carbocycles. The molecule has 4 rings (SSSR count). The number of hydrogen-bond acceptors (Lipinski definition) is 2. The van der Waals surface area contributed by atoms with Gasteiger partial charge >= 0.3 is 0 Å². The molecule has 2 heterocycles. The Morgan fingerprint density at radius 2 is 1.65 bits per heavy atom. The lowest BCUT2D eigenvalue weighted by atomic mass is 9.88. The van der Waals surface area contributed by atoms with Gasteiger partial charge in [0.25, 0.3) is 0 Å². The molecule has 0 radical (unpaired) electrons. The van der Waals surface area contributed by atoms with Gasteiger partial charge in [-0.25, -0.2) is 0 Å². The van der Waals surface area contributed by atoms with Crippen LogP contribution >= 0.6 is 11.8 Å². The van der Waals surface area contributed by atoms with E-state index in [4.69, 9.17) is 0 Å². The van der Waals surface area contributed by atoms with E-state index in [2.05, 4.69) is 53.4 Å². The Morgan fingerprint density at radius 3 is 2.13 bits per heavy atom. The van der Waals surface area contributed by atoms with Crippen molar-refractivity contribution in [3.63, 3.8) is 0 Å². The SMILES string of the molecule is O=C(CC(c1ccccc1)c1ccccc1)N1CC2CC1CS2. The molecule has 2 saturated heterocycles. The number of thioether (sulfide) groups is 1. The van der Waals surface area contributed by atoms with Crippen LogP contribution in [0.5, 0.6) is 0 Å². The highest BCUT2D eigenvalue weighted by Gasteiger charge is 2.41. The summed E-state index contributed by atoms with van der Waals surface area (Å²) in [5.41, 5.74) is 2.46. The van der Waals surface area contributed by atoms with Crippen LogP contribution in [0.4, 0.5) is 0 Å². The van der Waals surface area contributed by atoms with Gasteiger partial charge in [-0.3, -0.25) is 4.79 Å². The normalized spacial score (nSPS) is 22.7. The minimum Gasteiger partial charge on any atom is -0.338 e. The summed E-state index contributed by atoms with van der Waals surface area (Å²) in [6.45, 7) is 0.949. The largest absolute Gasteiger partial charge is 0.338 e. The van der Waals surface area contributed by atoms with Crippen molar-refractivity contribution in [2.24, 2.45) is 0 Å². The van der Waals surface area contributed by atoms with E-state index in [1.54, 1.807) is 0 Å². The van der Waals surface area contributed by atoms with Crippen molar-refractivity contribution in [3.8, 4) is 0 Å². The molecule has 0 spiro atoms. The second kappa shape index (κ2) is 6.40. The van der Waals surface area contributed by atoms with E-state index in [1.165, 1.54) is 17.5 Å². The summed E-state index contributed by atoms with van der Waals surface area (Å²) < 4.78 is 0. The first-order valence-corrected chi connectivity index (χ1v) is 9.37. The highest BCUT2D eigenvalue weighted by Crippen LogP contribution is 2.39. The van der Waals surface area contributed by atoms with Crippen molar-refractivity contribution >= 4 is 17.7 Å². The quantitative estimate of drug-likeness (QED) is 0.850. The van der Waals surface area contributed by atoms with Gasteiger partial charge in [-0.15, -0.1) is 0 Å². The standard InChI is InChI=1S/C20H21NOS/c22-20(21-13-18-11-17(21)14-23-18)12-19(15-7-3-1-4-8-15)16-9-5-2-6-10-16/h1-10,17-19H,11-14H2. The van der Waals surface area contributed by atoms with Gasteiger partial charge in [0, 0.05) is 35.9 Å². The van der Waals surface area contributed by atoms with E-state index in [0.29, 0.717) is 23.6 Å². The second-order valence-corrected chi connectivity index (χ2v) is 7.80. The Balaban J connectivity index is 1.57. The molecule has 3 heteroatoms. The van der Waals surface area contributed by atoms with Gasteiger partial charge in [0.2, 0.25) is 5.91 Å². The Morgan fingerprint density at radius 1 is 1.04 bits per heavy atom. The molecule has 0 N–H and O–H groups in total. The molecular weight excluding hydrogens is 302 g/mol. The fourth-order valence-corrected chi connectivity index (χ4v) is 5.23. The predicted molar refractivity (Wildman–Crippen MR) is 95.7 cm³/mol. The number of carbonyl (C=O) groups is 1. The van der Waals surface area contributed by atoms with Crippen LogP contribution in [-0.4, -0.2) is 34.4 Å². The van der Waals surface area contributed by atoms with Crippen LogP contribution in [0.2, 0.25) is 0 Å². The van der Waals surface area contributed by atoms with E-state index in [1.807, 2.05) is 23.9 Å². The molecule has 0 aromatic heterocycles. The van der Waals surface area contributed by atoms with Crippen LogP contribution in [0.25, 0.3) is 0 Å².